The molecule has 0 unspecified atom stereocenters. The van der Waals surface area contributed by atoms with Crippen LogP contribution in [0.25, 0.3) is 0 Å². The first kappa shape index (κ1) is 65.9. The van der Waals surface area contributed by atoms with Crippen LogP contribution in [0.4, 0.5) is 0 Å². The predicted molar refractivity (Wildman–Crippen MR) is 20.8 cm³/mol. The average Bonchev–Trinajstić information content (AvgIpc) is 0. The van der Waals surface area contributed by atoms with E-state index in [4.69, 9.17) is 0 Å². The quantitative estimate of drug-likeness (QED) is 0.372. The van der Waals surface area contributed by atoms with Gasteiger partial charge in [0.2, 0.25) is 0 Å². The Morgan fingerprint density at radius 2 is 0.500 bits per heavy atom. The predicted octanol–water partition coefficient (Wildman–Crippen LogP) is -3.66. The van der Waals surface area contributed by atoms with E-state index in [0.717, 1.165) is 0 Å². The zero-order valence-corrected chi connectivity index (χ0v) is 9.91. The fourth-order valence-electron chi connectivity index (χ4n) is 0. The number of hydrogen-bond donors (Lipinski definition) is 0. The fraction of sp³-hybridized carbons (Fsp3) is 0. The second-order valence-electron chi connectivity index (χ2n) is 0. The zero-order chi connectivity index (χ0) is 0. The molecule has 0 atom stereocenters. The van der Waals surface area contributed by atoms with Crippen molar-refractivity contribution in [3.63, 3.8) is 0 Å². The van der Waals surface area contributed by atoms with Crippen LogP contribution >= 0.6 is 0 Å². The molecule has 0 rings (SSSR count). The first-order valence-electron chi connectivity index (χ1n) is 0. The SMILES string of the molecule is O.O.O.[GaH3].[La].[La]. The summed E-state index contributed by atoms with van der Waals surface area (Å²) in [5.41, 5.74) is 0. The molecule has 36 valence electrons. The van der Waals surface area contributed by atoms with Crippen molar-refractivity contribution in [3.8, 4) is 0 Å². The molecular formula is H9GaLa2O3. The Morgan fingerprint density at radius 1 is 0.500 bits per heavy atom. The molecule has 0 bridgehead atoms. The van der Waals surface area contributed by atoms with Crippen molar-refractivity contribution in [2.75, 3.05) is 0 Å². The molecular weight excluding hydrogens is 396 g/mol. The Kier molecular flexibility index (Phi) is 491. The maximum absolute atomic E-state index is 0. The fourth-order valence-corrected chi connectivity index (χ4v) is 0. The van der Waals surface area contributed by atoms with Crippen molar-refractivity contribution in [2.24, 2.45) is 0 Å². The van der Waals surface area contributed by atoms with Crippen LogP contribution in [0, 0.1) is 71.2 Å². The first-order chi connectivity index (χ1) is 0. The molecule has 6 heavy (non-hydrogen) atoms. The summed E-state index contributed by atoms with van der Waals surface area (Å²) >= 11 is 0. The van der Waals surface area contributed by atoms with Gasteiger partial charge in [-0.1, -0.05) is 0 Å². The Hall–Kier alpha value is 2.91. The summed E-state index contributed by atoms with van der Waals surface area (Å²) in [7, 11) is 0. The van der Waals surface area contributed by atoms with Crippen molar-refractivity contribution >= 4 is 19.8 Å². The van der Waals surface area contributed by atoms with Crippen LogP contribution in [-0.2, 0) is 0 Å². The van der Waals surface area contributed by atoms with E-state index in [-0.39, 0.29) is 107 Å². The van der Waals surface area contributed by atoms with E-state index in [9.17, 15) is 0 Å². The molecule has 0 amide bonds. The van der Waals surface area contributed by atoms with Crippen molar-refractivity contribution in [2.45, 2.75) is 0 Å². The second-order valence-corrected chi connectivity index (χ2v) is 0. The standard InChI is InChI=1S/Ga.2La.3H2O.3H/h;;;3*1H2;;;. The van der Waals surface area contributed by atoms with Gasteiger partial charge in [0.05, 0.1) is 0 Å². The maximum Gasteiger partial charge on any atom is 0 e. The van der Waals surface area contributed by atoms with Crippen LogP contribution < -0.4 is 0 Å². The van der Waals surface area contributed by atoms with Gasteiger partial charge in [0.1, 0.15) is 0 Å². The second kappa shape index (κ2) is 44.7. The molecule has 3 nitrogen and oxygen atoms in total. The van der Waals surface area contributed by atoms with Crippen LogP contribution in [-0.4, -0.2) is 36.2 Å². The van der Waals surface area contributed by atoms with Gasteiger partial charge in [0.15, 0.2) is 0 Å². The molecule has 0 spiro atoms. The molecule has 2 radical (unpaired) electrons. The zero-order valence-electron chi connectivity index (χ0n) is 2.65. The van der Waals surface area contributed by atoms with Gasteiger partial charge in [0.25, 0.3) is 0 Å². The summed E-state index contributed by atoms with van der Waals surface area (Å²) in [6.45, 7) is 0. The topological polar surface area (TPSA) is 94.5 Å². The Morgan fingerprint density at radius 3 is 0.500 bits per heavy atom. The van der Waals surface area contributed by atoms with Gasteiger partial charge < -0.3 is 16.4 Å². The molecule has 6 heteroatoms. The molecule has 0 aromatic heterocycles. The molecule has 0 heterocycles. The van der Waals surface area contributed by atoms with Crippen LogP contribution in [0.15, 0.2) is 0 Å². The first-order valence-corrected chi connectivity index (χ1v) is 0. The van der Waals surface area contributed by atoms with Gasteiger partial charge in [-0.25, -0.2) is 0 Å². The molecule has 0 fully saturated rings. The van der Waals surface area contributed by atoms with Crippen LogP contribution in [0.1, 0.15) is 0 Å². The van der Waals surface area contributed by atoms with Gasteiger partial charge in [-0.3, -0.25) is 0 Å². The molecule has 0 aromatic carbocycles. The van der Waals surface area contributed by atoms with Crippen molar-refractivity contribution in [1.82, 2.24) is 0 Å². The van der Waals surface area contributed by atoms with Gasteiger partial charge in [-0.05, 0) is 0 Å². The molecule has 0 saturated heterocycles. The van der Waals surface area contributed by atoms with Crippen LogP contribution in [0.5, 0.6) is 0 Å². The summed E-state index contributed by atoms with van der Waals surface area (Å²) in [5, 5.41) is 0. The van der Waals surface area contributed by atoms with E-state index in [1.54, 1.807) is 0 Å². The van der Waals surface area contributed by atoms with Gasteiger partial charge in [0, 0.05) is 71.2 Å². The van der Waals surface area contributed by atoms with Crippen molar-refractivity contribution in [3.05, 3.63) is 0 Å². The number of rotatable bonds is 0. The monoisotopic (exact) mass is 404 g/mol. The van der Waals surface area contributed by atoms with E-state index in [1.807, 2.05) is 0 Å². The summed E-state index contributed by atoms with van der Waals surface area (Å²) in [5.74, 6) is 0. The van der Waals surface area contributed by atoms with E-state index >= 15 is 0 Å². The van der Waals surface area contributed by atoms with Crippen molar-refractivity contribution in [1.29, 1.82) is 0 Å². The van der Waals surface area contributed by atoms with E-state index in [0.29, 0.717) is 0 Å². The molecule has 0 saturated carbocycles. The van der Waals surface area contributed by atoms with E-state index < -0.39 is 0 Å². The Labute approximate surface area is 105 Å². The molecule has 0 aliphatic carbocycles. The summed E-state index contributed by atoms with van der Waals surface area (Å²) in [6, 6.07) is 0. The third kappa shape index (κ3) is 28.5. The smallest absolute Gasteiger partial charge is 0 e. The largest absolute Gasteiger partial charge is 0 e. The average molecular weight is 405 g/mol. The van der Waals surface area contributed by atoms with Crippen LogP contribution in [0.3, 0.4) is 0 Å². The Balaban J connectivity index is 0. The summed E-state index contributed by atoms with van der Waals surface area (Å²) in [4.78, 5) is 0. The third-order valence-corrected chi connectivity index (χ3v) is 0. The minimum atomic E-state index is 0. The van der Waals surface area contributed by atoms with E-state index in [2.05, 4.69) is 0 Å². The third-order valence-electron chi connectivity index (χ3n) is 0. The van der Waals surface area contributed by atoms with Crippen LogP contribution in [0.2, 0.25) is 0 Å². The molecule has 0 aliphatic rings. The Bertz CT molecular complexity index is 8.75. The van der Waals surface area contributed by atoms with Gasteiger partial charge in [-0.2, -0.15) is 0 Å². The molecule has 6 N–H and O–H groups in total. The normalized spacial score (nSPS) is 0. The van der Waals surface area contributed by atoms with E-state index in [1.165, 1.54) is 0 Å². The van der Waals surface area contributed by atoms with Crippen molar-refractivity contribution < 1.29 is 87.6 Å². The summed E-state index contributed by atoms with van der Waals surface area (Å²) in [6.07, 6.45) is 0. The maximum atomic E-state index is 0. The van der Waals surface area contributed by atoms with Gasteiger partial charge in [-0.15, -0.1) is 0 Å². The minimum Gasteiger partial charge on any atom is 0 e. The van der Waals surface area contributed by atoms with Gasteiger partial charge >= 0.3 is 19.8 Å². The molecule has 0 aromatic rings. The molecule has 0 aliphatic heterocycles. The minimum absolute atomic E-state index is 0. The number of hydrogen-bond acceptors (Lipinski definition) is 0. The summed E-state index contributed by atoms with van der Waals surface area (Å²) < 4.78 is 0.